The Morgan fingerprint density at radius 3 is 1.83 bits per heavy atom. The van der Waals surface area contributed by atoms with E-state index >= 15 is 0 Å². The molecule has 4 rings (SSSR count). The van der Waals surface area contributed by atoms with Crippen molar-refractivity contribution in [3.63, 3.8) is 0 Å². The topological polar surface area (TPSA) is 86.7 Å². The lowest BCUT2D eigenvalue weighted by atomic mass is 9.82. The average Bonchev–Trinajstić information content (AvgIpc) is 3.01. The molecule has 6 nitrogen and oxygen atoms in total. The monoisotopic (exact) mass is 386 g/mol. The first kappa shape index (κ1) is 18.4. The standard InChI is InChI=1S/C23H18N2O4/c26-20(27)17-13-11-16(12-14-17)15-25-21(28)23(24-22(25)29,18-7-3-1-4-8-18)19-9-5-2-6-10-19/h1-14H,15H2,(H,24,29)(H,26,27). The van der Waals surface area contributed by atoms with E-state index in [2.05, 4.69) is 5.32 Å². The van der Waals surface area contributed by atoms with Crippen molar-refractivity contribution in [3.05, 3.63) is 107 Å². The molecule has 29 heavy (non-hydrogen) atoms. The first-order chi connectivity index (χ1) is 14.0. The van der Waals surface area contributed by atoms with Gasteiger partial charge in [-0.2, -0.15) is 0 Å². The molecule has 0 saturated carbocycles. The molecule has 2 N–H and O–H groups in total. The van der Waals surface area contributed by atoms with E-state index in [1.54, 1.807) is 12.1 Å². The van der Waals surface area contributed by atoms with Gasteiger partial charge in [0.1, 0.15) is 0 Å². The lowest BCUT2D eigenvalue weighted by Gasteiger charge is -2.28. The summed E-state index contributed by atoms with van der Waals surface area (Å²) in [5.41, 5.74) is 0.853. The van der Waals surface area contributed by atoms with Gasteiger partial charge < -0.3 is 10.4 Å². The lowest BCUT2D eigenvalue weighted by molar-refractivity contribution is -0.130. The van der Waals surface area contributed by atoms with Crippen molar-refractivity contribution in [1.29, 1.82) is 0 Å². The van der Waals surface area contributed by atoms with Gasteiger partial charge in [0.2, 0.25) is 0 Å². The number of urea groups is 1. The van der Waals surface area contributed by atoms with Crippen LogP contribution < -0.4 is 5.32 Å². The third kappa shape index (κ3) is 3.14. The van der Waals surface area contributed by atoms with Crippen molar-refractivity contribution in [2.45, 2.75) is 12.1 Å². The summed E-state index contributed by atoms with van der Waals surface area (Å²) in [6.45, 7) is 0.0476. The summed E-state index contributed by atoms with van der Waals surface area (Å²) in [7, 11) is 0. The van der Waals surface area contributed by atoms with Gasteiger partial charge in [-0.3, -0.25) is 9.69 Å². The summed E-state index contributed by atoms with van der Waals surface area (Å²) in [4.78, 5) is 38.6. The fourth-order valence-corrected chi connectivity index (χ4v) is 3.59. The molecule has 1 aliphatic rings. The Hall–Kier alpha value is -3.93. The zero-order valence-corrected chi connectivity index (χ0v) is 15.4. The molecule has 1 fully saturated rings. The van der Waals surface area contributed by atoms with Gasteiger partial charge in [-0.25, -0.2) is 9.59 Å². The Bertz CT molecular complexity index is 1020. The number of carboxylic acid groups (broad SMARTS) is 1. The van der Waals surface area contributed by atoms with E-state index in [-0.39, 0.29) is 18.0 Å². The van der Waals surface area contributed by atoms with Crippen molar-refractivity contribution < 1.29 is 19.5 Å². The fraction of sp³-hybridized carbons (Fsp3) is 0.0870. The molecule has 0 aromatic heterocycles. The Morgan fingerprint density at radius 1 is 0.828 bits per heavy atom. The number of amides is 3. The van der Waals surface area contributed by atoms with Gasteiger partial charge in [-0.1, -0.05) is 72.8 Å². The van der Waals surface area contributed by atoms with Crippen LogP contribution in [-0.2, 0) is 16.9 Å². The van der Waals surface area contributed by atoms with Crippen molar-refractivity contribution in [1.82, 2.24) is 10.2 Å². The van der Waals surface area contributed by atoms with Crippen LogP contribution in [0.1, 0.15) is 27.0 Å². The molecule has 0 aliphatic carbocycles. The van der Waals surface area contributed by atoms with E-state index in [1.807, 2.05) is 60.7 Å². The zero-order valence-electron chi connectivity index (χ0n) is 15.4. The summed E-state index contributed by atoms with van der Waals surface area (Å²) in [6, 6.07) is 23.9. The van der Waals surface area contributed by atoms with Crippen LogP contribution in [0.15, 0.2) is 84.9 Å². The highest BCUT2D eigenvalue weighted by molar-refractivity contribution is 6.09. The molecule has 3 aromatic rings. The quantitative estimate of drug-likeness (QED) is 0.658. The minimum atomic E-state index is -1.30. The van der Waals surface area contributed by atoms with Crippen LogP contribution in [0.4, 0.5) is 4.79 Å². The second kappa shape index (κ2) is 7.24. The number of nitrogens with one attached hydrogen (secondary N) is 1. The van der Waals surface area contributed by atoms with Gasteiger partial charge in [0.25, 0.3) is 5.91 Å². The molecule has 144 valence electrons. The molecular weight excluding hydrogens is 368 g/mol. The van der Waals surface area contributed by atoms with Crippen LogP contribution in [0.2, 0.25) is 0 Å². The van der Waals surface area contributed by atoms with Gasteiger partial charge in [0.15, 0.2) is 5.54 Å². The Labute approximate surface area is 167 Å². The van der Waals surface area contributed by atoms with Gasteiger partial charge in [0.05, 0.1) is 12.1 Å². The van der Waals surface area contributed by atoms with Gasteiger partial charge in [-0.15, -0.1) is 0 Å². The van der Waals surface area contributed by atoms with Crippen molar-refractivity contribution >= 4 is 17.9 Å². The Morgan fingerprint density at radius 2 is 1.34 bits per heavy atom. The van der Waals surface area contributed by atoms with E-state index in [1.165, 1.54) is 12.1 Å². The van der Waals surface area contributed by atoms with Crippen LogP contribution >= 0.6 is 0 Å². The zero-order chi connectivity index (χ0) is 20.4. The number of carbonyl (C=O) groups is 3. The minimum Gasteiger partial charge on any atom is -0.478 e. The highest BCUT2D eigenvalue weighted by atomic mass is 16.4. The molecule has 1 saturated heterocycles. The summed E-state index contributed by atoms with van der Waals surface area (Å²) < 4.78 is 0. The lowest BCUT2D eigenvalue weighted by Crippen LogP contribution is -2.45. The summed E-state index contributed by atoms with van der Waals surface area (Å²) in [6.07, 6.45) is 0. The van der Waals surface area contributed by atoms with Crippen LogP contribution in [0.25, 0.3) is 0 Å². The minimum absolute atomic E-state index is 0.0476. The molecule has 0 spiro atoms. The molecule has 0 radical (unpaired) electrons. The molecule has 3 amide bonds. The van der Waals surface area contributed by atoms with Gasteiger partial charge in [0, 0.05) is 0 Å². The molecule has 1 aliphatic heterocycles. The number of nitrogens with zero attached hydrogens (tertiary/aromatic N) is 1. The van der Waals surface area contributed by atoms with E-state index in [0.717, 1.165) is 4.90 Å². The van der Waals surface area contributed by atoms with E-state index in [9.17, 15) is 14.4 Å². The third-order valence-electron chi connectivity index (χ3n) is 5.06. The van der Waals surface area contributed by atoms with Gasteiger partial charge >= 0.3 is 12.0 Å². The number of benzene rings is 3. The molecule has 6 heteroatoms. The predicted molar refractivity (Wildman–Crippen MR) is 106 cm³/mol. The number of hydrogen-bond acceptors (Lipinski definition) is 3. The first-order valence-corrected chi connectivity index (χ1v) is 9.10. The molecule has 0 unspecified atom stereocenters. The molecule has 0 bridgehead atoms. The Balaban J connectivity index is 1.73. The summed E-state index contributed by atoms with van der Waals surface area (Å²) >= 11 is 0. The second-order valence-corrected chi connectivity index (χ2v) is 6.81. The van der Waals surface area contributed by atoms with Crippen molar-refractivity contribution in [3.8, 4) is 0 Å². The highest BCUT2D eigenvalue weighted by Gasteiger charge is 2.53. The summed E-state index contributed by atoms with van der Waals surface area (Å²) in [5.74, 6) is -1.40. The molecule has 3 aromatic carbocycles. The summed E-state index contributed by atoms with van der Waals surface area (Å²) in [5, 5.41) is 11.9. The maximum Gasteiger partial charge on any atom is 0.335 e. The second-order valence-electron chi connectivity index (χ2n) is 6.81. The fourth-order valence-electron chi connectivity index (χ4n) is 3.59. The number of carboxylic acids is 1. The maximum atomic E-state index is 13.6. The van der Waals surface area contributed by atoms with E-state index in [0.29, 0.717) is 16.7 Å². The number of rotatable bonds is 5. The van der Waals surface area contributed by atoms with Crippen LogP contribution in [0.5, 0.6) is 0 Å². The van der Waals surface area contributed by atoms with Crippen LogP contribution in [0, 0.1) is 0 Å². The number of imide groups is 1. The van der Waals surface area contributed by atoms with Crippen LogP contribution in [-0.4, -0.2) is 27.9 Å². The van der Waals surface area contributed by atoms with E-state index in [4.69, 9.17) is 5.11 Å². The SMILES string of the molecule is O=C(O)c1ccc(CN2C(=O)NC(c3ccccc3)(c3ccccc3)C2=O)cc1. The Kier molecular flexibility index (Phi) is 4.60. The van der Waals surface area contributed by atoms with Crippen molar-refractivity contribution in [2.24, 2.45) is 0 Å². The molecular formula is C23H18N2O4. The van der Waals surface area contributed by atoms with Crippen LogP contribution in [0.3, 0.4) is 0 Å². The van der Waals surface area contributed by atoms with Crippen molar-refractivity contribution in [2.75, 3.05) is 0 Å². The highest BCUT2D eigenvalue weighted by Crippen LogP contribution is 2.36. The average molecular weight is 386 g/mol. The predicted octanol–water partition coefficient (Wildman–Crippen LogP) is 3.38. The number of aromatic carboxylic acids is 1. The third-order valence-corrected chi connectivity index (χ3v) is 5.06. The smallest absolute Gasteiger partial charge is 0.335 e. The number of hydrogen-bond donors (Lipinski definition) is 2. The van der Waals surface area contributed by atoms with Gasteiger partial charge in [-0.05, 0) is 28.8 Å². The molecule has 1 heterocycles. The maximum absolute atomic E-state index is 13.6. The first-order valence-electron chi connectivity index (χ1n) is 9.10. The van der Waals surface area contributed by atoms with E-state index < -0.39 is 17.5 Å². The largest absolute Gasteiger partial charge is 0.478 e. The normalized spacial score (nSPS) is 15.2. The molecule has 0 atom stereocenters. The number of carbonyl (C=O) groups excluding carboxylic acids is 2.